The minimum absolute atomic E-state index is 0.0404. The fraction of sp³-hybridized carbons (Fsp3) is 0.148. The zero-order chi connectivity index (χ0) is 25.0. The SMILES string of the molecule is COc1ccc2nc(N3C(=O)C(=O)/C(=C(/O)c4ccc5c(c4)CCO5)C3c3ccc(O)cc3)sc2c1. The molecule has 2 N–H and O–H groups in total. The number of ketones is 1. The molecule has 4 aromatic rings. The Morgan fingerprint density at radius 1 is 1.11 bits per heavy atom. The largest absolute Gasteiger partial charge is 0.508 e. The van der Waals surface area contributed by atoms with Gasteiger partial charge in [0.25, 0.3) is 5.78 Å². The standard InChI is InChI=1S/C27H20N2O6S/c1-34-18-7-8-19-21(13-18)36-27(28-19)29-23(14-2-5-17(30)6-3-14)22(25(32)26(29)33)24(31)16-4-9-20-15(12-16)10-11-35-20/h2-9,12-13,23,30-31H,10-11H2,1H3/b24-22+. The number of thiazole rings is 1. The summed E-state index contributed by atoms with van der Waals surface area (Å²) in [4.78, 5) is 32.7. The maximum atomic E-state index is 13.4. The zero-order valence-corrected chi connectivity index (χ0v) is 19.9. The second kappa shape index (κ2) is 8.39. The van der Waals surface area contributed by atoms with Crippen molar-refractivity contribution in [2.45, 2.75) is 12.5 Å². The lowest BCUT2D eigenvalue weighted by atomic mass is 9.94. The number of ether oxygens (including phenoxy) is 2. The molecule has 0 aliphatic carbocycles. The Morgan fingerprint density at radius 3 is 2.69 bits per heavy atom. The Morgan fingerprint density at radius 2 is 1.92 bits per heavy atom. The van der Waals surface area contributed by atoms with E-state index >= 15 is 0 Å². The summed E-state index contributed by atoms with van der Waals surface area (Å²) in [7, 11) is 1.57. The van der Waals surface area contributed by atoms with Crippen molar-refractivity contribution < 1.29 is 29.3 Å². The van der Waals surface area contributed by atoms with Crippen LogP contribution in [0.4, 0.5) is 5.13 Å². The molecule has 1 atom stereocenters. The van der Waals surface area contributed by atoms with Gasteiger partial charge in [0.05, 0.1) is 35.5 Å². The van der Waals surface area contributed by atoms with Crippen molar-refractivity contribution in [3.05, 3.63) is 82.9 Å². The number of aliphatic hydroxyl groups is 1. The lowest BCUT2D eigenvalue weighted by Crippen LogP contribution is -2.29. The maximum Gasteiger partial charge on any atom is 0.301 e. The van der Waals surface area contributed by atoms with E-state index in [0.717, 1.165) is 16.0 Å². The summed E-state index contributed by atoms with van der Waals surface area (Å²) in [5.74, 6) is -0.431. The fourth-order valence-corrected chi connectivity index (χ4v) is 5.63. The van der Waals surface area contributed by atoms with Crippen molar-refractivity contribution in [3.8, 4) is 17.2 Å². The predicted molar refractivity (Wildman–Crippen MR) is 135 cm³/mol. The quantitative estimate of drug-likeness (QED) is 0.240. The lowest BCUT2D eigenvalue weighted by Gasteiger charge is -2.23. The molecule has 3 heterocycles. The summed E-state index contributed by atoms with van der Waals surface area (Å²) in [6.45, 7) is 0.555. The minimum atomic E-state index is -0.933. The average molecular weight is 501 g/mol. The van der Waals surface area contributed by atoms with Crippen molar-refractivity contribution >= 4 is 44.1 Å². The summed E-state index contributed by atoms with van der Waals surface area (Å²) >= 11 is 1.25. The van der Waals surface area contributed by atoms with Gasteiger partial charge in [0, 0.05) is 12.0 Å². The first-order valence-electron chi connectivity index (χ1n) is 11.2. The third-order valence-electron chi connectivity index (χ3n) is 6.41. The Balaban J connectivity index is 1.53. The normalized spacial score (nSPS) is 18.5. The van der Waals surface area contributed by atoms with Gasteiger partial charge in [-0.3, -0.25) is 14.5 Å². The minimum Gasteiger partial charge on any atom is -0.508 e. The Hall–Kier alpha value is -4.37. The highest BCUT2D eigenvalue weighted by atomic mass is 32.1. The number of hydrogen-bond acceptors (Lipinski definition) is 8. The molecule has 3 aromatic carbocycles. The molecule has 180 valence electrons. The Labute approximate surface area is 209 Å². The van der Waals surface area contributed by atoms with E-state index in [0.29, 0.717) is 40.6 Å². The number of phenolic OH excluding ortho intramolecular Hbond substituents is 1. The van der Waals surface area contributed by atoms with E-state index in [1.54, 1.807) is 49.6 Å². The molecule has 8 nitrogen and oxygen atoms in total. The molecule has 2 aliphatic heterocycles. The van der Waals surface area contributed by atoms with Crippen molar-refractivity contribution in [2.24, 2.45) is 0 Å². The number of carbonyl (C=O) groups is 2. The molecule has 1 unspecified atom stereocenters. The lowest BCUT2D eigenvalue weighted by molar-refractivity contribution is -0.132. The highest BCUT2D eigenvalue weighted by molar-refractivity contribution is 7.22. The van der Waals surface area contributed by atoms with E-state index in [4.69, 9.17) is 9.47 Å². The van der Waals surface area contributed by atoms with E-state index in [9.17, 15) is 19.8 Å². The van der Waals surface area contributed by atoms with E-state index in [1.165, 1.54) is 28.4 Å². The molecular formula is C27H20N2O6S. The number of hydrogen-bond donors (Lipinski definition) is 2. The highest BCUT2D eigenvalue weighted by Gasteiger charge is 2.48. The van der Waals surface area contributed by atoms with Crippen molar-refractivity contribution in [3.63, 3.8) is 0 Å². The van der Waals surface area contributed by atoms with Gasteiger partial charge in [0.15, 0.2) is 5.13 Å². The number of aliphatic hydroxyl groups excluding tert-OH is 1. The van der Waals surface area contributed by atoms with E-state index in [2.05, 4.69) is 4.98 Å². The van der Waals surface area contributed by atoms with Crippen LogP contribution >= 0.6 is 11.3 Å². The number of Topliss-reactive ketones (excluding diaryl/α,β-unsaturated/α-hetero) is 1. The van der Waals surface area contributed by atoms with Gasteiger partial charge in [0.2, 0.25) is 0 Å². The topological polar surface area (TPSA) is 109 Å². The number of methoxy groups -OCH3 is 1. The van der Waals surface area contributed by atoms with Crippen LogP contribution in [0.2, 0.25) is 0 Å². The Kier molecular flexibility index (Phi) is 5.15. The van der Waals surface area contributed by atoms with E-state index in [-0.39, 0.29) is 17.1 Å². The van der Waals surface area contributed by atoms with Gasteiger partial charge < -0.3 is 19.7 Å². The third kappa shape index (κ3) is 3.47. The molecular weight excluding hydrogens is 480 g/mol. The number of nitrogens with zero attached hydrogens (tertiary/aromatic N) is 2. The Bertz CT molecular complexity index is 1570. The molecule has 1 amide bonds. The predicted octanol–water partition coefficient (Wildman–Crippen LogP) is 4.57. The van der Waals surface area contributed by atoms with Gasteiger partial charge in [-0.2, -0.15) is 0 Å². The van der Waals surface area contributed by atoms with Gasteiger partial charge in [-0.1, -0.05) is 23.5 Å². The van der Waals surface area contributed by atoms with Crippen LogP contribution in [0.5, 0.6) is 17.2 Å². The van der Waals surface area contributed by atoms with Gasteiger partial charge in [-0.15, -0.1) is 0 Å². The van der Waals surface area contributed by atoms with Crippen molar-refractivity contribution in [2.75, 3.05) is 18.6 Å². The smallest absolute Gasteiger partial charge is 0.301 e. The van der Waals surface area contributed by atoms with Gasteiger partial charge in [-0.05, 0) is 59.7 Å². The highest BCUT2D eigenvalue weighted by Crippen LogP contribution is 2.45. The molecule has 9 heteroatoms. The third-order valence-corrected chi connectivity index (χ3v) is 7.42. The monoisotopic (exact) mass is 500 g/mol. The van der Waals surface area contributed by atoms with Gasteiger partial charge in [-0.25, -0.2) is 4.98 Å². The van der Waals surface area contributed by atoms with Crippen LogP contribution in [-0.2, 0) is 16.0 Å². The number of amides is 1. The first kappa shape index (κ1) is 22.1. The number of anilines is 1. The average Bonchev–Trinajstić information content (AvgIpc) is 3.59. The molecule has 1 saturated heterocycles. The zero-order valence-electron chi connectivity index (χ0n) is 19.1. The molecule has 36 heavy (non-hydrogen) atoms. The second-order valence-electron chi connectivity index (χ2n) is 8.51. The number of rotatable bonds is 4. The molecule has 0 radical (unpaired) electrons. The molecule has 0 bridgehead atoms. The van der Waals surface area contributed by atoms with Crippen LogP contribution in [-0.4, -0.2) is 40.6 Å². The fourth-order valence-electron chi connectivity index (χ4n) is 4.61. The molecule has 2 aliphatic rings. The summed E-state index contributed by atoms with van der Waals surface area (Å²) < 4.78 is 11.6. The first-order chi connectivity index (χ1) is 17.4. The van der Waals surface area contributed by atoms with Crippen LogP contribution in [0, 0.1) is 0 Å². The number of benzene rings is 3. The van der Waals surface area contributed by atoms with Crippen LogP contribution in [0.15, 0.2) is 66.2 Å². The van der Waals surface area contributed by atoms with Crippen molar-refractivity contribution in [1.82, 2.24) is 4.98 Å². The van der Waals surface area contributed by atoms with Crippen LogP contribution in [0.25, 0.3) is 16.0 Å². The van der Waals surface area contributed by atoms with Gasteiger partial charge in [0.1, 0.15) is 23.0 Å². The number of carbonyl (C=O) groups excluding carboxylic acids is 2. The van der Waals surface area contributed by atoms with Crippen LogP contribution < -0.4 is 14.4 Å². The summed E-state index contributed by atoms with van der Waals surface area (Å²) in [6, 6.07) is 15.8. The molecule has 0 spiro atoms. The van der Waals surface area contributed by atoms with Crippen molar-refractivity contribution in [1.29, 1.82) is 0 Å². The van der Waals surface area contributed by atoms with Crippen LogP contribution in [0.1, 0.15) is 22.7 Å². The summed E-state index contributed by atoms with van der Waals surface area (Å²) in [6.07, 6.45) is 0.696. The maximum absolute atomic E-state index is 13.4. The first-order valence-corrected chi connectivity index (χ1v) is 12.1. The number of aromatic hydroxyl groups is 1. The summed E-state index contributed by atoms with van der Waals surface area (Å²) in [5.41, 5.74) is 2.52. The number of phenols is 1. The molecule has 1 fully saturated rings. The van der Waals surface area contributed by atoms with E-state index < -0.39 is 17.7 Å². The summed E-state index contributed by atoms with van der Waals surface area (Å²) in [5, 5.41) is 21.5. The second-order valence-corrected chi connectivity index (χ2v) is 9.52. The van der Waals surface area contributed by atoms with Gasteiger partial charge >= 0.3 is 5.91 Å². The molecule has 0 saturated carbocycles. The molecule has 6 rings (SSSR count). The van der Waals surface area contributed by atoms with Crippen LogP contribution in [0.3, 0.4) is 0 Å². The molecule has 1 aromatic heterocycles. The number of aromatic nitrogens is 1. The number of fused-ring (bicyclic) bond motifs is 2. The van der Waals surface area contributed by atoms with E-state index in [1.807, 2.05) is 6.07 Å².